The average molecular weight is 356 g/mol. The molecule has 0 unspecified atom stereocenters. The van der Waals surface area contributed by atoms with Crippen molar-refractivity contribution < 1.29 is 0 Å². The highest BCUT2D eigenvalue weighted by Crippen LogP contribution is 2.36. The molecular weight excluding hydrogens is 332 g/mol. The van der Waals surface area contributed by atoms with Gasteiger partial charge in [-0.3, -0.25) is 9.36 Å². The van der Waals surface area contributed by atoms with Crippen LogP contribution in [0.15, 0.2) is 23.4 Å². The molecule has 25 heavy (non-hydrogen) atoms. The minimum Gasteiger partial charge on any atom is -0.374 e. The Morgan fingerprint density at radius 1 is 1.28 bits per heavy atom. The van der Waals surface area contributed by atoms with Crippen LogP contribution < -0.4 is 10.5 Å². The highest BCUT2D eigenvalue weighted by atomic mass is 32.1. The Morgan fingerprint density at radius 2 is 2.08 bits per heavy atom. The third-order valence-corrected chi connectivity index (χ3v) is 6.30. The summed E-state index contributed by atoms with van der Waals surface area (Å²) in [6.45, 7) is 3.14. The number of thiophene rings is 1. The summed E-state index contributed by atoms with van der Waals surface area (Å²) < 4.78 is 2.61. The second-order valence-corrected chi connectivity index (χ2v) is 7.96. The predicted octanol–water partition coefficient (Wildman–Crippen LogP) is 4.36. The molecule has 0 aromatic carbocycles. The Hall–Kier alpha value is -1.95. The van der Waals surface area contributed by atoms with Gasteiger partial charge in [0.2, 0.25) is 0 Å². The number of hydrogen-bond acceptors (Lipinski definition) is 5. The summed E-state index contributed by atoms with van der Waals surface area (Å²) in [5, 5.41) is 1.02. The number of fused-ring (bicyclic) bond motifs is 3. The van der Waals surface area contributed by atoms with Crippen LogP contribution >= 0.6 is 11.3 Å². The molecule has 0 radical (unpaired) electrons. The molecule has 0 saturated heterocycles. The van der Waals surface area contributed by atoms with Gasteiger partial charge in [0, 0.05) is 25.8 Å². The summed E-state index contributed by atoms with van der Waals surface area (Å²) in [6, 6.07) is 2.33. The van der Waals surface area contributed by atoms with Gasteiger partial charge >= 0.3 is 0 Å². The van der Waals surface area contributed by atoms with Crippen LogP contribution in [0, 0.1) is 0 Å². The molecule has 132 valence electrons. The molecule has 6 heteroatoms. The van der Waals surface area contributed by atoms with Crippen LogP contribution in [-0.4, -0.2) is 28.1 Å². The molecule has 0 amide bonds. The van der Waals surface area contributed by atoms with Crippen LogP contribution in [0.3, 0.4) is 0 Å². The van der Waals surface area contributed by atoms with E-state index in [-0.39, 0.29) is 5.56 Å². The van der Waals surface area contributed by atoms with Crippen molar-refractivity contribution in [2.24, 2.45) is 0 Å². The summed E-state index contributed by atoms with van der Waals surface area (Å²) in [7, 11) is 2.09. The Labute approximate surface area is 151 Å². The maximum atomic E-state index is 13.1. The van der Waals surface area contributed by atoms with Crippen LogP contribution in [0.1, 0.15) is 51.5 Å². The second-order valence-electron chi connectivity index (χ2n) is 6.96. The van der Waals surface area contributed by atoms with Crippen LogP contribution in [0.2, 0.25) is 0 Å². The maximum Gasteiger partial charge on any atom is 0.271 e. The topological polar surface area (TPSA) is 51.0 Å². The number of rotatable bonds is 4. The minimum atomic E-state index is 0.101. The van der Waals surface area contributed by atoms with Crippen molar-refractivity contribution in [3.8, 4) is 0 Å². The van der Waals surface area contributed by atoms with Gasteiger partial charge < -0.3 is 4.90 Å². The van der Waals surface area contributed by atoms with E-state index >= 15 is 0 Å². The zero-order valence-electron chi connectivity index (χ0n) is 14.9. The first-order valence-electron chi connectivity index (χ1n) is 9.20. The fourth-order valence-corrected chi connectivity index (χ4v) is 5.00. The molecule has 1 saturated carbocycles. The number of hydrogen-bond donors (Lipinski definition) is 0. The van der Waals surface area contributed by atoms with Crippen LogP contribution in [0.5, 0.6) is 0 Å². The van der Waals surface area contributed by atoms with Crippen molar-refractivity contribution in [2.75, 3.05) is 18.5 Å². The fraction of sp³-hybridized carbons (Fsp3) is 0.526. The zero-order chi connectivity index (χ0) is 17.4. The third-order valence-electron chi connectivity index (χ3n) is 5.22. The van der Waals surface area contributed by atoms with Crippen molar-refractivity contribution in [1.29, 1.82) is 0 Å². The molecule has 1 aliphatic rings. The van der Waals surface area contributed by atoms with Crippen molar-refractivity contribution >= 4 is 37.5 Å². The van der Waals surface area contributed by atoms with Gasteiger partial charge in [0.15, 0.2) is 0 Å². The molecule has 3 heterocycles. The summed E-state index contributed by atoms with van der Waals surface area (Å²) in [6.07, 6.45) is 10.5. The second kappa shape index (κ2) is 6.75. The van der Waals surface area contributed by atoms with Gasteiger partial charge in [-0.05, 0) is 25.3 Å². The smallest absolute Gasteiger partial charge is 0.271 e. The van der Waals surface area contributed by atoms with Gasteiger partial charge in [-0.2, -0.15) is 0 Å². The standard InChI is InChI=1S/C19H24N4OS/c1-3-11-22(2)14-9-10-20-18-15(14)16-17(25-18)19(24)23(12-21-16)13-7-5-4-6-8-13/h9-10,12-13H,3-8,11H2,1-2H3. The lowest BCUT2D eigenvalue weighted by Gasteiger charge is -2.23. The monoisotopic (exact) mass is 356 g/mol. The van der Waals surface area contributed by atoms with Gasteiger partial charge in [-0.15, -0.1) is 11.3 Å². The molecule has 3 aromatic rings. The van der Waals surface area contributed by atoms with Gasteiger partial charge in [0.05, 0.1) is 22.9 Å². The predicted molar refractivity (Wildman–Crippen MR) is 105 cm³/mol. The largest absolute Gasteiger partial charge is 0.374 e. The quantitative estimate of drug-likeness (QED) is 0.697. The molecule has 3 aromatic heterocycles. The van der Waals surface area contributed by atoms with Crippen LogP contribution in [0.4, 0.5) is 5.69 Å². The van der Waals surface area contributed by atoms with E-state index in [1.807, 2.05) is 16.8 Å². The van der Waals surface area contributed by atoms with Crippen molar-refractivity contribution in [1.82, 2.24) is 14.5 Å². The SMILES string of the molecule is CCCN(C)c1ccnc2sc3c(=O)n(C4CCCCC4)cnc3c12. The van der Waals surface area contributed by atoms with E-state index in [1.54, 1.807) is 6.33 Å². The van der Waals surface area contributed by atoms with Crippen LogP contribution in [0.25, 0.3) is 20.4 Å². The van der Waals surface area contributed by atoms with Crippen LogP contribution in [-0.2, 0) is 0 Å². The summed E-state index contributed by atoms with van der Waals surface area (Å²) >= 11 is 1.48. The van der Waals surface area contributed by atoms with Gasteiger partial charge in [-0.25, -0.2) is 9.97 Å². The molecule has 0 N–H and O–H groups in total. The molecule has 0 spiro atoms. The Balaban J connectivity index is 1.89. The lowest BCUT2D eigenvalue weighted by Crippen LogP contribution is -2.26. The van der Waals surface area contributed by atoms with Gasteiger partial charge in [0.25, 0.3) is 5.56 Å². The summed E-state index contributed by atoms with van der Waals surface area (Å²) in [4.78, 5) is 25.5. The van der Waals surface area contributed by atoms with Crippen molar-refractivity contribution in [3.05, 3.63) is 28.9 Å². The van der Waals surface area contributed by atoms with E-state index in [9.17, 15) is 4.79 Å². The molecule has 1 fully saturated rings. The van der Waals surface area contributed by atoms with Gasteiger partial charge in [0.1, 0.15) is 9.53 Å². The third kappa shape index (κ3) is 2.82. The number of pyridine rings is 1. The first kappa shape index (κ1) is 16.5. The highest BCUT2D eigenvalue weighted by Gasteiger charge is 2.21. The van der Waals surface area contributed by atoms with E-state index in [2.05, 4.69) is 23.9 Å². The number of nitrogens with zero attached hydrogens (tertiary/aromatic N) is 4. The lowest BCUT2D eigenvalue weighted by molar-refractivity contribution is 0.345. The molecule has 1 aliphatic carbocycles. The highest BCUT2D eigenvalue weighted by molar-refractivity contribution is 7.25. The van der Waals surface area contributed by atoms with E-state index in [0.717, 1.165) is 51.9 Å². The molecule has 4 rings (SSSR count). The first-order chi connectivity index (χ1) is 12.2. The molecule has 0 atom stereocenters. The minimum absolute atomic E-state index is 0.101. The number of aromatic nitrogens is 3. The zero-order valence-corrected chi connectivity index (χ0v) is 15.7. The van der Waals surface area contributed by atoms with E-state index < -0.39 is 0 Å². The van der Waals surface area contributed by atoms with E-state index in [0.29, 0.717) is 6.04 Å². The first-order valence-corrected chi connectivity index (χ1v) is 10.0. The molecular formula is C19H24N4OS. The van der Waals surface area contributed by atoms with Gasteiger partial charge in [-0.1, -0.05) is 26.2 Å². The van der Waals surface area contributed by atoms with E-state index in [4.69, 9.17) is 4.98 Å². The van der Waals surface area contributed by atoms with Crippen molar-refractivity contribution in [2.45, 2.75) is 51.5 Å². The lowest BCUT2D eigenvalue weighted by atomic mass is 9.95. The van der Waals surface area contributed by atoms with Crippen molar-refractivity contribution in [3.63, 3.8) is 0 Å². The summed E-state index contributed by atoms with van der Waals surface area (Å²) in [5.74, 6) is 0. The van der Waals surface area contributed by atoms with E-state index in [1.165, 1.54) is 30.6 Å². The maximum absolute atomic E-state index is 13.1. The normalized spacial score (nSPS) is 15.9. The molecule has 0 aliphatic heterocycles. The molecule has 5 nitrogen and oxygen atoms in total. The Morgan fingerprint density at radius 3 is 2.84 bits per heavy atom. The Kier molecular flexibility index (Phi) is 4.46. The Bertz CT molecular complexity index is 955. The average Bonchev–Trinajstić information content (AvgIpc) is 3.03. The number of anilines is 1. The molecule has 0 bridgehead atoms. The fourth-order valence-electron chi connectivity index (χ4n) is 3.94. The summed E-state index contributed by atoms with van der Waals surface area (Å²) in [5.41, 5.74) is 2.02.